The van der Waals surface area contributed by atoms with Crippen molar-refractivity contribution in [1.82, 2.24) is 4.98 Å². The summed E-state index contributed by atoms with van der Waals surface area (Å²) in [6, 6.07) is 14.7. The molecule has 2 N–H and O–H groups in total. The van der Waals surface area contributed by atoms with Gasteiger partial charge in [-0.3, -0.25) is 4.98 Å². The maximum absolute atomic E-state index is 4.29. The maximum atomic E-state index is 4.29. The number of nitrogens with two attached hydrogens (primary N) is 1. The van der Waals surface area contributed by atoms with Gasteiger partial charge in [0.25, 0.3) is 0 Å². The highest BCUT2D eigenvalue weighted by Gasteiger charge is 1.97. The minimum absolute atomic E-state index is 0.939. The summed E-state index contributed by atoms with van der Waals surface area (Å²) in [7, 11) is 0. The van der Waals surface area contributed by atoms with E-state index in [-0.39, 0.29) is 0 Å². The number of benzene rings is 1. The van der Waals surface area contributed by atoms with E-state index in [0.29, 0.717) is 0 Å². The summed E-state index contributed by atoms with van der Waals surface area (Å²) < 4.78 is 0. The molecule has 0 saturated heterocycles. The average Bonchev–Trinajstić information content (AvgIpc) is 2.33. The largest absolute Gasteiger partial charge is 0.337 e. The molecule has 0 radical (unpaired) electrons. The molecular formula is C14H17N2+. The molecule has 1 aromatic carbocycles. The molecule has 1 heterocycles. The van der Waals surface area contributed by atoms with E-state index in [1.165, 1.54) is 11.1 Å². The van der Waals surface area contributed by atoms with Gasteiger partial charge in [0, 0.05) is 11.8 Å². The van der Waals surface area contributed by atoms with E-state index in [4.69, 9.17) is 0 Å². The van der Waals surface area contributed by atoms with E-state index < -0.39 is 0 Å². The fraction of sp³-hybridized carbons (Fsp3) is 0.214. The predicted molar refractivity (Wildman–Crippen MR) is 64.7 cm³/mol. The first-order valence-corrected chi connectivity index (χ1v) is 5.62. The van der Waals surface area contributed by atoms with Gasteiger partial charge in [0.1, 0.15) is 13.1 Å². The first-order chi connectivity index (χ1) is 7.84. The van der Waals surface area contributed by atoms with Crippen molar-refractivity contribution in [2.75, 3.05) is 0 Å². The lowest BCUT2D eigenvalue weighted by Gasteiger charge is -2.02. The first-order valence-electron chi connectivity index (χ1n) is 5.62. The zero-order valence-corrected chi connectivity index (χ0v) is 9.56. The van der Waals surface area contributed by atoms with Crippen LogP contribution in [0.2, 0.25) is 0 Å². The Balaban J connectivity index is 1.82. The van der Waals surface area contributed by atoms with Gasteiger partial charge in [-0.25, -0.2) is 0 Å². The number of aromatic nitrogens is 1. The molecule has 0 fully saturated rings. The molecule has 0 aliphatic heterocycles. The Bertz CT molecular complexity index is 420. The Morgan fingerprint density at radius 2 is 1.81 bits per heavy atom. The molecule has 1 aromatic heterocycles. The molecule has 0 aliphatic carbocycles. The molecule has 0 unspecified atom stereocenters. The van der Waals surface area contributed by atoms with Crippen LogP contribution in [0.15, 0.2) is 48.7 Å². The van der Waals surface area contributed by atoms with Crippen molar-refractivity contribution in [1.29, 1.82) is 0 Å². The van der Waals surface area contributed by atoms with Crippen molar-refractivity contribution in [3.05, 3.63) is 65.5 Å². The summed E-state index contributed by atoms with van der Waals surface area (Å²) in [6.07, 6.45) is 1.84. The fourth-order valence-electron chi connectivity index (χ4n) is 1.63. The second-order valence-corrected chi connectivity index (χ2v) is 4.00. The molecule has 0 amide bonds. The SMILES string of the molecule is Cc1ccc(C[NH2+]Cc2ccccn2)cc1. The summed E-state index contributed by atoms with van der Waals surface area (Å²) >= 11 is 0. The van der Waals surface area contributed by atoms with Gasteiger partial charge in [-0.15, -0.1) is 0 Å². The Kier molecular flexibility index (Phi) is 3.67. The van der Waals surface area contributed by atoms with Gasteiger partial charge in [-0.1, -0.05) is 35.9 Å². The molecule has 82 valence electrons. The van der Waals surface area contributed by atoms with Crippen molar-refractivity contribution in [2.24, 2.45) is 0 Å². The highest BCUT2D eigenvalue weighted by atomic mass is 14.9. The molecule has 2 aromatic rings. The fourth-order valence-corrected chi connectivity index (χ4v) is 1.63. The molecule has 2 nitrogen and oxygen atoms in total. The molecule has 0 saturated carbocycles. The number of hydrogen-bond donors (Lipinski definition) is 1. The number of aryl methyl sites for hydroxylation is 1. The zero-order valence-electron chi connectivity index (χ0n) is 9.56. The van der Waals surface area contributed by atoms with Gasteiger partial charge < -0.3 is 5.32 Å². The monoisotopic (exact) mass is 213 g/mol. The van der Waals surface area contributed by atoms with Gasteiger partial charge >= 0.3 is 0 Å². The Hall–Kier alpha value is -1.67. The summed E-state index contributed by atoms with van der Waals surface area (Å²) in [5, 5.41) is 2.27. The van der Waals surface area contributed by atoms with Gasteiger partial charge in [0.2, 0.25) is 0 Å². The molecule has 0 aliphatic rings. The molecular weight excluding hydrogens is 196 g/mol. The maximum Gasteiger partial charge on any atom is 0.119 e. The number of quaternary nitrogens is 1. The molecule has 0 spiro atoms. The topological polar surface area (TPSA) is 29.5 Å². The van der Waals surface area contributed by atoms with Crippen molar-refractivity contribution < 1.29 is 5.32 Å². The minimum atomic E-state index is 0.939. The Labute approximate surface area is 96.4 Å². The van der Waals surface area contributed by atoms with Crippen LogP contribution in [0.3, 0.4) is 0 Å². The zero-order chi connectivity index (χ0) is 11.2. The van der Waals surface area contributed by atoms with Crippen LogP contribution in [0.25, 0.3) is 0 Å². The van der Waals surface area contributed by atoms with Gasteiger partial charge in [-0.05, 0) is 19.1 Å². The number of nitrogens with zero attached hydrogens (tertiary/aromatic N) is 1. The third-order valence-electron chi connectivity index (χ3n) is 2.58. The number of pyridine rings is 1. The van der Waals surface area contributed by atoms with E-state index in [9.17, 15) is 0 Å². The molecule has 0 bridgehead atoms. The minimum Gasteiger partial charge on any atom is -0.337 e. The highest BCUT2D eigenvalue weighted by molar-refractivity contribution is 5.20. The summed E-state index contributed by atoms with van der Waals surface area (Å²) in [5.41, 5.74) is 3.81. The van der Waals surface area contributed by atoms with Crippen molar-refractivity contribution in [2.45, 2.75) is 20.0 Å². The van der Waals surface area contributed by atoms with Crippen LogP contribution < -0.4 is 5.32 Å². The first kappa shape index (κ1) is 10.8. The van der Waals surface area contributed by atoms with Crippen LogP contribution >= 0.6 is 0 Å². The Morgan fingerprint density at radius 3 is 2.50 bits per heavy atom. The van der Waals surface area contributed by atoms with Crippen LogP contribution in [-0.2, 0) is 13.1 Å². The third kappa shape index (κ3) is 3.17. The van der Waals surface area contributed by atoms with Crippen LogP contribution in [0.5, 0.6) is 0 Å². The van der Waals surface area contributed by atoms with Crippen molar-refractivity contribution in [3.8, 4) is 0 Å². The van der Waals surface area contributed by atoms with Crippen LogP contribution in [0.4, 0.5) is 0 Å². The van der Waals surface area contributed by atoms with E-state index in [0.717, 1.165) is 18.8 Å². The summed E-state index contributed by atoms with van der Waals surface area (Å²) in [6.45, 7) is 4.06. The van der Waals surface area contributed by atoms with Gasteiger partial charge in [-0.2, -0.15) is 0 Å². The quantitative estimate of drug-likeness (QED) is 0.822. The molecule has 2 rings (SSSR count). The normalized spacial score (nSPS) is 10.3. The summed E-state index contributed by atoms with van der Waals surface area (Å²) in [5.74, 6) is 0. The molecule has 16 heavy (non-hydrogen) atoms. The smallest absolute Gasteiger partial charge is 0.119 e. The van der Waals surface area contributed by atoms with Crippen LogP contribution in [-0.4, -0.2) is 4.98 Å². The van der Waals surface area contributed by atoms with Crippen molar-refractivity contribution in [3.63, 3.8) is 0 Å². The van der Waals surface area contributed by atoms with Crippen molar-refractivity contribution >= 4 is 0 Å². The molecule has 2 heteroatoms. The standard InChI is InChI=1S/C14H16N2/c1-12-5-7-13(8-6-12)10-15-11-14-4-2-3-9-16-14/h2-9,15H,10-11H2,1H3/p+1. The lowest BCUT2D eigenvalue weighted by molar-refractivity contribution is -0.686. The van der Waals surface area contributed by atoms with Gasteiger partial charge in [0.05, 0.1) is 5.69 Å². The lowest BCUT2D eigenvalue weighted by Crippen LogP contribution is -2.80. The summed E-state index contributed by atoms with van der Waals surface area (Å²) in [4.78, 5) is 4.29. The predicted octanol–water partition coefficient (Wildman–Crippen LogP) is 1.65. The van der Waals surface area contributed by atoms with E-state index in [1.807, 2.05) is 18.3 Å². The lowest BCUT2D eigenvalue weighted by atomic mass is 10.1. The third-order valence-corrected chi connectivity index (χ3v) is 2.58. The van der Waals surface area contributed by atoms with E-state index in [2.05, 4.69) is 47.6 Å². The second-order valence-electron chi connectivity index (χ2n) is 4.00. The number of rotatable bonds is 4. The molecule has 0 atom stereocenters. The van der Waals surface area contributed by atoms with Crippen LogP contribution in [0.1, 0.15) is 16.8 Å². The highest BCUT2D eigenvalue weighted by Crippen LogP contribution is 2.00. The Morgan fingerprint density at radius 1 is 1.00 bits per heavy atom. The number of hydrogen-bond acceptors (Lipinski definition) is 1. The second kappa shape index (κ2) is 5.42. The van der Waals surface area contributed by atoms with E-state index in [1.54, 1.807) is 0 Å². The average molecular weight is 213 g/mol. The van der Waals surface area contributed by atoms with Gasteiger partial charge in [0.15, 0.2) is 0 Å². The van der Waals surface area contributed by atoms with E-state index >= 15 is 0 Å². The van der Waals surface area contributed by atoms with Crippen LogP contribution in [0, 0.1) is 6.92 Å².